The Labute approximate surface area is 187 Å². The summed E-state index contributed by atoms with van der Waals surface area (Å²) in [6.07, 6.45) is 0. The number of hydrogen-bond donors (Lipinski definition) is 0. The van der Waals surface area contributed by atoms with E-state index >= 15 is 0 Å². The Bertz CT molecular complexity index is 881. The van der Waals surface area contributed by atoms with Gasteiger partial charge in [0.05, 0.1) is 10.6 Å². The highest BCUT2D eigenvalue weighted by Crippen LogP contribution is 2.33. The smallest absolute Gasteiger partial charge is 0.243 e. The van der Waals surface area contributed by atoms with E-state index in [0.29, 0.717) is 42.1 Å². The van der Waals surface area contributed by atoms with E-state index < -0.39 is 10.0 Å². The first kappa shape index (κ1) is 23.1. The average Bonchev–Trinajstić information content (AvgIpc) is 2.78. The molecule has 1 aromatic carbocycles. The second-order valence-electron chi connectivity index (χ2n) is 6.82. The number of amides is 1. The van der Waals surface area contributed by atoms with Crippen molar-refractivity contribution in [3.63, 3.8) is 0 Å². The minimum Gasteiger partial charge on any atom is -0.486 e. The Kier molecular flexibility index (Phi) is 7.83. The maximum atomic E-state index is 13.0. The van der Waals surface area contributed by atoms with E-state index in [2.05, 4.69) is 0 Å². The fourth-order valence-corrected chi connectivity index (χ4v) is 6.04. The summed E-state index contributed by atoms with van der Waals surface area (Å²) in [5, 5.41) is 0. The number of fused-ring (bicyclic) bond motifs is 1. The second kappa shape index (κ2) is 10.2. The Balaban J connectivity index is 1.55. The minimum absolute atomic E-state index is 0.0223. The molecule has 0 N–H and O–H groups in total. The molecule has 2 aliphatic heterocycles. The number of hydrogen-bond acceptors (Lipinski definition) is 7. The van der Waals surface area contributed by atoms with Crippen molar-refractivity contribution in [3.8, 4) is 11.5 Å². The van der Waals surface area contributed by atoms with Crippen LogP contribution in [0.15, 0.2) is 23.1 Å². The van der Waals surface area contributed by atoms with Gasteiger partial charge in [-0.05, 0) is 26.0 Å². The van der Waals surface area contributed by atoms with Crippen LogP contribution >= 0.6 is 24.0 Å². The highest BCUT2D eigenvalue weighted by molar-refractivity contribution is 8.23. The summed E-state index contributed by atoms with van der Waals surface area (Å²) in [4.78, 5) is 16.4. The molecule has 0 spiro atoms. The fraction of sp³-hybridized carbons (Fsp3) is 0.579. The largest absolute Gasteiger partial charge is 0.486 e. The number of benzene rings is 1. The molecular formula is C19H27N3O5S3. The Morgan fingerprint density at radius 3 is 2.37 bits per heavy atom. The van der Waals surface area contributed by atoms with Crippen LogP contribution in [0.5, 0.6) is 11.5 Å². The molecule has 1 fully saturated rings. The van der Waals surface area contributed by atoms with E-state index in [1.54, 1.807) is 11.0 Å². The van der Waals surface area contributed by atoms with Crippen LogP contribution in [0, 0.1) is 0 Å². The summed E-state index contributed by atoms with van der Waals surface area (Å²) in [5.74, 6) is 1.24. The van der Waals surface area contributed by atoms with Crippen LogP contribution in [0.25, 0.3) is 0 Å². The number of thiocarbonyl (C=S) groups is 1. The van der Waals surface area contributed by atoms with Gasteiger partial charge in [-0.1, -0.05) is 24.0 Å². The van der Waals surface area contributed by atoms with E-state index in [1.807, 2.05) is 18.7 Å². The van der Waals surface area contributed by atoms with Crippen molar-refractivity contribution < 1.29 is 22.7 Å². The van der Waals surface area contributed by atoms with Crippen molar-refractivity contribution in [2.24, 2.45) is 0 Å². The van der Waals surface area contributed by atoms with Crippen LogP contribution in [0.4, 0.5) is 0 Å². The molecule has 2 heterocycles. The molecule has 0 radical (unpaired) electrons. The zero-order valence-corrected chi connectivity index (χ0v) is 19.7. The Hall–Kier alpha value is -1.56. The molecule has 0 saturated carbocycles. The van der Waals surface area contributed by atoms with E-state index in [-0.39, 0.29) is 29.6 Å². The van der Waals surface area contributed by atoms with Crippen molar-refractivity contribution in [3.05, 3.63) is 18.2 Å². The Morgan fingerprint density at radius 1 is 1.10 bits per heavy atom. The van der Waals surface area contributed by atoms with Gasteiger partial charge in [-0.25, -0.2) is 8.42 Å². The number of ether oxygens (including phenoxy) is 2. The third-order valence-electron chi connectivity index (χ3n) is 5.08. The van der Waals surface area contributed by atoms with Crippen molar-refractivity contribution in [2.75, 3.05) is 58.2 Å². The van der Waals surface area contributed by atoms with Crippen molar-refractivity contribution >= 4 is 44.2 Å². The van der Waals surface area contributed by atoms with Gasteiger partial charge >= 0.3 is 0 Å². The topological polar surface area (TPSA) is 79.4 Å². The molecule has 11 heteroatoms. The summed E-state index contributed by atoms with van der Waals surface area (Å²) >= 11 is 6.73. The lowest BCUT2D eigenvalue weighted by Gasteiger charge is -2.34. The molecule has 0 aromatic heterocycles. The lowest BCUT2D eigenvalue weighted by Crippen LogP contribution is -2.51. The molecule has 1 amide bonds. The first-order valence-corrected chi connectivity index (χ1v) is 12.8. The van der Waals surface area contributed by atoms with Gasteiger partial charge in [0.1, 0.15) is 17.5 Å². The van der Waals surface area contributed by atoms with Crippen LogP contribution in [0.3, 0.4) is 0 Å². The number of nitrogens with zero attached hydrogens (tertiary/aromatic N) is 3. The van der Waals surface area contributed by atoms with Gasteiger partial charge in [0.15, 0.2) is 11.5 Å². The highest BCUT2D eigenvalue weighted by atomic mass is 32.2. The lowest BCUT2D eigenvalue weighted by molar-refractivity contribution is -0.129. The Morgan fingerprint density at radius 2 is 1.73 bits per heavy atom. The number of carbonyl (C=O) groups excluding carboxylic acids is 1. The molecule has 8 nitrogen and oxygen atoms in total. The molecule has 0 atom stereocenters. The lowest BCUT2D eigenvalue weighted by atomic mass is 10.3. The number of rotatable bonds is 6. The maximum Gasteiger partial charge on any atom is 0.243 e. The zero-order chi connectivity index (χ0) is 21.7. The number of sulfonamides is 1. The monoisotopic (exact) mass is 473 g/mol. The van der Waals surface area contributed by atoms with Gasteiger partial charge in [-0.15, -0.1) is 0 Å². The molecule has 0 aliphatic carbocycles. The minimum atomic E-state index is -3.66. The van der Waals surface area contributed by atoms with Crippen LogP contribution in [-0.2, 0) is 14.8 Å². The van der Waals surface area contributed by atoms with Crippen LogP contribution in [0.2, 0.25) is 0 Å². The first-order valence-electron chi connectivity index (χ1n) is 9.96. The van der Waals surface area contributed by atoms with Crippen LogP contribution < -0.4 is 9.47 Å². The molecule has 2 aliphatic rings. The van der Waals surface area contributed by atoms with Crippen molar-refractivity contribution in [1.82, 2.24) is 14.1 Å². The fourth-order valence-electron chi connectivity index (χ4n) is 3.30. The predicted octanol–water partition coefficient (Wildman–Crippen LogP) is 1.65. The highest BCUT2D eigenvalue weighted by Gasteiger charge is 2.31. The second-order valence-corrected chi connectivity index (χ2v) is 10.4. The summed E-state index contributed by atoms with van der Waals surface area (Å²) in [6.45, 7) is 7.77. The molecule has 0 bridgehead atoms. The maximum absolute atomic E-state index is 13.0. The predicted molar refractivity (Wildman–Crippen MR) is 121 cm³/mol. The quantitative estimate of drug-likeness (QED) is 0.577. The normalized spacial score (nSPS) is 16.9. The number of piperazine rings is 1. The van der Waals surface area contributed by atoms with E-state index in [0.717, 1.165) is 13.1 Å². The molecular weight excluding hydrogens is 446 g/mol. The van der Waals surface area contributed by atoms with Gasteiger partial charge in [0.2, 0.25) is 15.9 Å². The molecule has 0 unspecified atom stereocenters. The third-order valence-corrected chi connectivity index (χ3v) is 8.49. The van der Waals surface area contributed by atoms with Crippen LogP contribution in [0.1, 0.15) is 13.8 Å². The molecule has 1 saturated heterocycles. The van der Waals surface area contributed by atoms with Gasteiger partial charge in [-0.2, -0.15) is 4.31 Å². The van der Waals surface area contributed by atoms with Gasteiger partial charge in [0.25, 0.3) is 0 Å². The summed E-state index contributed by atoms with van der Waals surface area (Å²) < 4.78 is 39.1. The van der Waals surface area contributed by atoms with E-state index in [1.165, 1.54) is 28.2 Å². The van der Waals surface area contributed by atoms with Crippen LogP contribution in [-0.4, -0.2) is 91.0 Å². The zero-order valence-electron chi connectivity index (χ0n) is 17.2. The summed E-state index contributed by atoms with van der Waals surface area (Å²) in [7, 11) is -3.66. The first-order chi connectivity index (χ1) is 14.4. The van der Waals surface area contributed by atoms with E-state index in [4.69, 9.17) is 21.7 Å². The van der Waals surface area contributed by atoms with Crippen molar-refractivity contribution in [1.29, 1.82) is 0 Å². The summed E-state index contributed by atoms with van der Waals surface area (Å²) in [6, 6.07) is 4.66. The number of thioether (sulfide) groups is 1. The third kappa shape index (κ3) is 5.19. The van der Waals surface area contributed by atoms with Gasteiger partial charge in [-0.3, -0.25) is 4.79 Å². The molecule has 1 aromatic rings. The average molecular weight is 474 g/mol. The molecule has 166 valence electrons. The number of carbonyl (C=O) groups is 1. The standard InChI is InChI=1S/C19H27N3O5S3/c1-3-20(4-2)19(28)29-14-18(23)21-7-9-22(10-8-21)30(24,25)15-5-6-16-17(13-15)27-12-11-26-16/h5-6,13H,3-4,7-12,14H2,1-2H3. The summed E-state index contributed by atoms with van der Waals surface area (Å²) in [5.41, 5.74) is 0. The van der Waals surface area contributed by atoms with E-state index in [9.17, 15) is 13.2 Å². The van der Waals surface area contributed by atoms with Crippen molar-refractivity contribution in [2.45, 2.75) is 18.7 Å². The molecule has 30 heavy (non-hydrogen) atoms. The SMILES string of the molecule is CCN(CC)C(=S)SCC(=O)N1CCN(S(=O)(=O)c2ccc3c(c2)OCCO3)CC1. The van der Waals surface area contributed by atoms with Gasteiger partial charge < -0.3 is 19.3 Å². The van der Waals surface area contributed by atoms with Gasteiger partial charge in [0, 0.05) is 45.3 Å². The molecule has 3 rings (SSSR count).